The van der Waals surface area contributed by atoms with E-state index >= 15 is 0 Å². The van der Waals surface area contributed by atoms with Gasteiger partial charge in [-0.25, -0.2) is 4.57 Å². The summed E-state index contributed by atoms with van der Waals surface area (Å²) in [6.45, 7) is 4.61. The van der Waals surface area contributed by atoms with Crippen LogP contribution in [0.15, 0.2) is 70.6 Å². The molecule has 0 unspecified atom stereocenters. The Bertz CT molecular complexity index is 1640. The number of hydrogen-bond donors (Lipinski definition) is 0. The van der Waals surface area contributed by atoms with Crippen molar-refractivity contribution in [2.75, 3.05) is 0 Å². The molecule has 0 atom stereocenters. The van der Waals surface area contributed by atoms with E-state index in [0.29, 0.717) is 0 Å². The maximum atomic E-state index is 2.50. The van der Waals surface area contributed by atoms with Crippen molar-refractivity contribution in [2.24, 2.45) is 13.0 Å². The van der Waals surface area contributed by atoms with E-state index in [1.807, 2.05) is 11.8 Å². The van der Waals surface area contributed by atoms with E-state index in [1.165, 1.54) is 102 Å². The maximum absolute atomic E-state index is 2.50. The van der Waals surface area contributed by atoms with Crippen molar-refractivity contribution in [2.45, 2.75) is 55.7 Å². The normalized spacial score (nSPS) is 15.5. The molecule has 4 aromatic carbocycles. The van der Waals surface area contributed by atoms with Crippen LogP contribution < -0.4 is 4.57 Å². The van der Waals surface area contributed by atoms with Gasteiger partial charge in [0, 0.05) is 21.2 Å². The standard InChI is InChI=1S/C32H30NS/c1-19-24-10-6-7-11-25(24)20(2)32-29(19)31-30-26(14-15-33(31)3)27-17-22(16-21-8-4-5-9-21)12-13-23(27)18-28(30)34-32/h6-7,10-15,17-18,21H,4-5,8-9,16H2,1-3H3/q+1. The van der Waals surface area contributed by atoms with Gasteiger partial charge in [-0.05, 0) is 70.5 Å². The number of rotatable bonds is 2. The van der Waals surface area contributed by atoms with Gasteiger partial charge in [-0.1, -0.05) is 79.9 Å². The third kappa shape index (κ3) is 2.91. The van der Waals surface area contributed by atoms with Crippen molar-refractivity contribution in [3.63, 3.8) is 0 Å². The zero-order valence-corrected chi connectivity index (χ0v) is 21.1. The Kier molecular flexibility index (Phi) is 4.58. The van der Waals surface area contributed by atoms with E-state index in [-0.39, 0.29) is 0 Å². The summed E-state index contributed by atoms with van der Waals surface area (Å²) < 4.78 is 2.35. The van der Waals surface area contributed by atoms with E-state index in [0.717, 1.165) is 5.92 Å². The molecule has 1 saturated carbocycles. The maximum Gasteiger partial charge on any atom is 0.222 e. The third-order valence-corrected chi connectivity index (χ3v) is 9.65. The molecule has 2 aliphatic rings. The van der Waals surface area contributed by atoms with Crippen LogP contribution in [0.1, 0.15) is 42.4 Å². The molecule has 0 bridgehead atoms. The lowest BCUT2D eigenvalue weighted by molar-refractivity contribution is -0.659. The summed E-state index contributed by atoms with van der Waals surface area (Å²) >= 11 is 1.97. The van der Waals surface area contributed by atoms with Gasteiger partial charge in [0.15, 0.2) is 6.20 Å². The Hall–Kier alpha value is -2.84. The van der Waals surface area contributed by atoms with Crippen LogP contribution in [-0.4, -0.2) is 0 Å². The lowest BCUT2D eigenvalue weighted by Crippen LogP contribution is -2.31. The molecule has 1 aromatic heterocycles. The highest BCUT2D eigenvalue weighted by Crippen LogP contribution is 2.52. The molecule has 1 aliphatic carbocycles. The minimum atomic E-state index is 0.872. The van der Waals surface area contributed by atoms with Gasteiger partial charge in [-0.3, -0.25) is 0 Å². The Morgan fingerprint density at radius 2 is 1.62 bits per heavy atom. The predicted octanol–water partition coefficient (Wildman–Crippen LogP) is 8.45. The Morgan fingerprint density at radius 3 is 2.41 bits per heavy atom. The van der Waals surface area contributed by atoms with E-state index in [4.69, 9.17) is 0 Å². The van der Waals surface area contributed by atoms with Crippen LogP contribution in [0, 0.1) is 19.8 Å². The van der Waals surface area contributed by atoms with Crippen molar-refractivity contribution in [3.05, 3.63) is 77.5 Å². The molecule has 1 nitrogen and oxygen atoms in total. The molecule has 2 heterocycles. The van der Waals surface area contributed by atoms with Gasteiger partial charge >= 0.3 is 0 Å². The Balaban J connectivity index is 1.53. The van der Waals surface area contributed by atoms with Gasteiger partial charge in [0.25, 0.3) is 0 Å². The molecule has 1 aliphatic heterocycles. The number of aromatic nitrogens is 1. The van der Waals surface area contributed by atoms with Gasteiger partial charge in [0.2, 0.25) is 5.69 Å². The van der Waals surface area contributed by atoms with Crippen LogP contribution in [0.5, 0.6) is 0 Å². The highest BCUT2D eigenvalue weighted by molar-refractivity contribution is 8.00. The van der Waals surface area contributed by atoms with E-state index in [1.54, 1.807) is 0 Å². The summed E-state index contributed by atoms with van der Waals surface area (Å²) in [4.78, 5) is 2.81. The summed E-state index contributed by atoms with van der Waals surface area (Å²) in [5, 5.41) is 8.35. The molecule has 168 valence electrons. The summed E-state index contributed by atoms with van der Waals surface area (Å²) in [6.07, 6.45) is 9.13. The molecule has 7 rings (SSSR count). The third-order valence-electron chi connectivity index (χ3n) is 8.39. The monoisotopic (exact) mass is 460 g/mol. The largest absolute Gasteiger partial charge is 0.222 e. The first-order valence-corrected chi connectivity index (χ1v) is 13.5. The molecular weight excluding hydrogens is 430 g/mol. The summed E-state index contributed by atoms with van der Waals surface area (Å²) in [6, 6.07) is 20.9. The minimum absolute atomic E-state index is 0.872. The zero-order chi connectivity index (χ0) is 23.0. The smallest absolute Gasteiger partial charge is 0.200 e. The average Bonchev–Trinajstić information content (AvgIpc) is 3.37. The van der Waals surface area contributed by atoms with Gasteiger partial charge in [0.05, 0.1) is 10.9 Å². The molecule has 1 fully saturated rings. The van der Waals surface area contributed by atoms with Crippen molar-refractivity contribution >= 4 is 44.1 Å². The molecule has 0 saturated heterocycles. The topological polar surface area (TPSA) is 3.88 Å². The zero-order valence-electron chi connectivity index (χ0n) is 20.2. The van der Waals surface area contributed by atoms with Gasteiger partial charge in [-0.15, -0.1) is 0 Å². The first kappa shape index (κ1) is 20.5. The first-order chi connectivity index (χ1) is 16.6. The van der Waals surface area contributed by atoms with E-state index in [2.05, 4.69) is 86.3 Å². The molecule has 2 heteroatoms. The number of pyridine rings is 1. The highest BCUT2D eigenvalue weighted by atomic mass is 32.2. The SMILES string of the molecule is Cc1c2c(c(C)c3ccccc13)-c1c3c(cc4ccc(CC5CCCC5)cc4c3cc[n+]1C)S2. The second kappa shape index (κ2) is 7.58. The van der Waals surface area contributed by atoms with Gasteiger partial charge < -0.3 is 0 Å². The molecule has 0 N–H and O–H groups in total. The van der Waals surface area contributed by atoms with E-state index < -0.39 is 0 Å². The fourth-order valence-corrected chi connectivity index (χ4v) is 7.96. The number of nitrogens with zero attached hydrogens (tertiary/aromatic N) is 1. The van der Waals surface area contributed by atoms with Crippen molar-refractivity contribution in [3.8, 4) is 11.3 Å². The van der Waals surface area contributed by atoms with Crippen LogP contribution in [0.25, 0.3) is 43.6 Å². The number of benzene rings is 4. The quantitative estimate of drug-likeness (QED) is 0.185. The fraction of sp³-hybridized carbons (Fsp3) is 0.281. The molecular formula is C32H30NS+. The second-order valence-electron chi connectivity index (χ2n) is 10.5. The van der Waals surface area contributed by atoms with E-state index in [9.17, 15) is 0 Å². The van der Waals surface area contributed by atoms with Crippen molar-refractivity contribution in [1.82, 2.24) is 0 Å². The molecule has 0 spiro atoms. The van der Waals surface area contributed by atoms with Gasteiger partial charge in [0.1, 0.15) is 7.05 Å². The number of hydrogen-bond acceptors (Lipinski definition) is 1. The molecule has 0 amide bonds. The van der Waals surface area contributed by atoms with Crippen LogP contribution in [-0.2, 0) is 13.5 Å². The second-order valence-corrected chi connectivity index (χ2v) is 11.5. The molecule has 5 aromatic rings. The molecule has 34 heavy (non-hydrogen) atoms. The van der Waals surface area contributed by atoms with Crippen LogP contribution in [0.2, 0.25) is 0 Å². The van der Waals surface area contributed by atoms with Crippen LogP contribution in [0.3, 0.4) is 0 Å². The summed E-state index contributed by atoms with van der Waals surface area (Å²) in [7, 11) is 2.21. The van der Waals surface area contributed by atoms with Crippen LogP contribution in [0.4, 0.5) is 0 Å². The van der Waals surface area contributed by atoms with Crippen LogP contribution >= 0.6 is 11.8 Å². The average molecular weight is 461 g/mol. The fourth-order valence-electron chi connectivity index (χ4n) is 6.63. The predicted molar refractivity (Wildman–Crippen MR) is 145 cm³/mol. The lowest BCUT2D eigenvalue weighted by atomic mass is 9.90. The van der Waals surface area contributed by atoms with Crippen molar-refractivity contribution in [1.29, 1.82) is 0 Å². The first-order valence-electron chi connectivity index (χ1n) is 12.7. The minimum Gasteiger partial charge on any atom is -0.200 e. The lowest BCUT2D eigenvalue weighted by Gasteiger charge is -2.24. The highest BCUT2D eigenvalue weighted by Gasteiger charge is 2.31. The number of fused-ring (bicyclic) bond motifs is 5. The Morgan fingerprint density at radius 1 is 0.853 bits per heavy atom. The summed E-state index contributed by atoms with van der Waals surface area (Å²) in [5.41, 5.74) is 7.09. The van der Waals surface area contributed by atoms with Crippen molar-refractivity contribution < 1.29 is 4.57 Å². The Labute approximate surface area is 205 Å². The number of aryl methyl sites for hydroxylation is 3. The van der Waals surface area contributed by atoms with Gasteiger partial charge in [-0.2, -0.15) is 0 Å². The summed E-state index contributed by atoms with van der Waals surface area (Å²) in [5.74, 6) is 0.872. The molecule has 0 radical (unpaired) electrons.